The van der Waals surface area contributed by atoms with Gasteiger partial charge >= 0.3 is 6.09 Å². The summed E-state index contributed by atoms with van der Waals surface area (Å²) in [5.41, 5.74) is 3.76. The van der Waals surface area contributed by atoms with Crippen LogP contribution in [0.25, 0.3) is 27.9 Å². The van der Waals surface area contributed by atoms with E-state index < -0.39 is 11.6 Å². The van der Waals surface area contributed by atoms with Crippen LogP contribution in [0.2, 0.25) is 0 Å². The van der Waals surface area contributed by atoms with E-state index in [1.54, 1.807) is 17.4 Å². The van der Waals surface area contributed by atoms with E-state index in [1.807, 2.05) is 39.1 Å². The lowest BCUT2D eigenvalue weighted by molar-refractivity contribution is 0.0679. The number of aliphatic hydroxyl groups is 1. The molecule has 1 amide bonds. The third-order valence-corrected chi connectivity index (χ3v) is 5.70. The van der Waals surface area contributed by atoms with Gasteiger partial charge in [0.25, 0.3) is 0 Å². The monoisotopic (exact) mass is 409 g/mol. The van der Waals surface area contributed by atoms with E-state index in [9.17, 15) is 15.0 Å². The van der Waals surface area contributed by atoms with Gasteiger partial charge in [0.05, 0.1) is 12.9 Å². The van der Waals surface area contributed by atoms with E-state index in [1.165, 1.54) is 0 Å². The minimum absolute atomic E-state index is 0.136. The van der Waals surface area contributed by atoms with E-state index in [0.29, 0.717) is 17.8 Å². The smallest absolute Gasteiger partial charge is 0.407 e. The number of aromatic amines is 1. The Morgan fingerprint density at radius 3 is 2.83 bits per heavy atom. The van der Waals surface area contributed by atoms with Gasteiger partial charge in [-0.05, 0) is 63.3 Å². The van der Waals surface area contributed by atoms with Crippen molar-refractivity contribution >= 4 is 22.7 Å². The second kappa shape index (κ2) is 7.65. The minimum atomic E-state index is -0.908. The summed E-state index contributed by atoms with van der Waals surface area (Å²) in [7, 11) is 0. The Kier molecular flexibility index (Phi) is 5.15. The van der Waals surface area contributed by atoms with Crippen LogP contribution in [0.3, 0.4) is 0 Å². The summed E-state index contributed by atoms with van der Waals surface area (Å²) < 4.78 is 5.62. The Balaban J connectivity index is 1.83. The molecule has 0 spiro atoms. The van der Waals surface area contributed by atoms with Crippen LogP contribution in [0.5, 0.6) is 0 Å². The van der Waals surface area contributed by atoms with Gasteiger partial charge in [0.2, 0.25) is 0 Å². The molecule has 30 heavy (non-hydrogen) atoms. The van der Waals surface area contributed by atoms with Crippen LogP contribution in [-0.4, -0.2) is 42.8 Å². The van der Waals surface area contributed by atoms with Crippen LogP contribution in [0, 0.1) is 0 Å². The van der Waals surface area contributed by atoms with Crippen LogP contribution in [0.4, 0.5) is 4.79 Å². The zero-order chi connectivity index (χ0) is 21.5. The topological polar surface area (TPSA) is 103 Å². The molecule has 0 aromatic carbocycles. The first-order chi connectivity index (χ1) is 14.3. The molecule has 0 radical (unpaired) electrons. The molecule has 1 unspecified atom stereocenters. The summed E-state index contributed by atoms with van der Waals surface area (Å²) in [5, 5.41) is 20.8. The zero-order valence-electron chi connectivity index (χ0n) is 17.5. The first-order valence-electron chi connectivity index (χ1n) is 10.2. The molecule has 0 fully saturated rings. The summed E-state index contributed by atoms with van der Waals surface area (Å²) in [6, 6.07) is 3.59. The number of carboxylic acid groups (broad SMARTS) is 1. The standard InChI is InChI=1S/C23H27N3O4/c1-23(2,3)26(22(28)29)16-7-4-6-14(10-16)19-15(13-27)11-24-21-20(19)17(12-25-21)18-8-5-9-30-18/h5-6,8-9,11-12,16,27H,4,7,10,13H2,1-3H3,(H,24,25)(H,28,29). The normalized spacial score (nSPS) is 17.2. The van der Waals surface area contributed by atoms with Crippen molar-refractivity contribution in [2.45, 2.75) is 58.2 Å². The molecule has 7 heteroatoms. The van der Waals surface area contributed by atoms with E-state index in [4.69, 9.17) is 4.42 Å². The van der Waals surface area contributed by atoms with Crippen LogP contribution in [0.1, 0.15) is 51.2 Å². The van der Waals surface area contributed by atoms with Gasteiger partial charge < -0.3 is 24.5 Å². The Morgan fingerprint density at radius 2 is 2.20 bits per heavy atom. The molecule has 3 aromatic heterocycles. The van der Waals surface area contributed by atoms with Gasteiger partial charge in [-0.1, -0.05) is 6.08 Å². The molecule has 4 rings (SSSR count). The van der Waals surface area contributed by atoms with Crippen LogP contribution in [0.15, 0.2) is 41.3 Å². The highest BCUT2D eigenvalue weighted by Crippen LogP contribution is 2.40. The third kappa shape index (κ3) is 3.50. The maximum absolute atomic E-state index is 12.0. The number of aliphatic hydroxyl groups excluding tert-OH is 1. The molecular weight excluding hydrogens is 382 g/mol. The summed E-state index contributed by atoms with van der Waals surface area (Å²) in [6.07, 6.45) is 8.55. The molecule has 1 aliphatic carbocycles. The van der Waals surface area contributed by atoms with Crippen molar-refractivity contribution in [3.05, 3.63) is 48.0 Å². The van der Waals surface area contributed by atoms with Gasteiger partial charge in [-0.15, -0.1) is 0 Å². The van der Waals surface area contributed by atoms with Crippen molar-refractivity contribution in [1.29, 1.82) is 0 Å². The van der Waals surface area contributed by atoms with E-state index >= 15 is 0 Å². The molecule has 0 saturated carbocycles. The largest absolute Gasteiger partial charge is 0.465 e. The molecule has 1 atom stereocenters. The van der Waals surface area contributed by atoms with Gasteiger partial charge in [0, 0.05) is 40.5 Å². The second-order valence-electron chi connectivity index (χ2n) is 8.71. The number of hydrogen-bond acceptors (Lipinski definition) is 4. The first kappa shape index (κ1) is 20.2. The van der Waals surface area contributed by atoms with Crippen molar-refractivity contribution in [3.8, 4) is 11.3 Å². The van der Waals surface area contributed by atoms with Gasteiger partial charge in [0.15, 0.2) is 0 Å². The molecule has 1 aliphatic rings. The van der Waals surface area contributed by atoms with Gasteiger partial charge in [-0.25, -0.2) is 9.78 Å². The molecule has 3 heterocycles. The number of rotatable bonds is 4. The summed E-state index contributed by atoms with van der Waals surface area (Å²) in [6.45, 7) is 5.61. The van der Waals surface area contributed by atoms with Crippen molar-refractivity contribution in [2.75, 3.05) is 0 Å². The maximum Gasteiger partial charge on any atom is 0.407 e. The Bertz CT molecular complexity index is 1090. The van der Waals surface area contributed by atoms with Crippen molar-refractivity contribution in [1.82, 2.24) is 14.9 Å². The van der Waals surface area contributed by atoms with Gasteiger partial charge in [-0.2, -0.15) is 0 Å². The molecule has 158 valence electrons. The van der Waals surface area contributed by atoms with Gasteiger partial charge in [0.1, 0.15) is 11.4 Å². The summed E-state index contributed by atoms with van der Waals surface area (Å²) in [4.78, 5) is 21.3. The Labute approximate surface area is 175 Å². The quantitative estimate of drug-likeness (QED) is 0.561. The summed E-state index contributed by atoms with van der Waals surface area (Å²) >= 11 is 0. The number of allylic oxidation sites excluding steroid dienone is 1. The van der Waals surface area contributed by atoms with Gasteiger partial charge in [-0.3, -0.25) is 0 Å². The molecule has 7 nitrogen and oxygen atoms in total. The number of furan rings is 1. The molecule has 0 bridgehead atoms. The fraction of sp³-hybridized carbons (Fsp3) is 0.391. The number of nitrogens with one attached hydrogen (secondary N) is 1. The average Bonchev–Trinajstić information content (AvgIpc) is 3.35. The predicted molar refractivity (Wildman–Crippen MR) is 115 cm³/mol. The highest BCUT2D eigenvalue weighted by molar-refractivity contribution is 6.01. The predicted octanol–water partition coefficient (Wildman–Crippen LogP) is 5.03. The summed E-state index contributed by atoms with van der Waals surface area (Å²) in [5.74, 6) is 0.717. The van der Waals surface area contributed by atoms with Crippen molar-refractivity contribution in [2.24, 2.45) is 0 Å². The third-order valence-electron chi connectivity index (χ3n) is 5.70. The first-order valence-corrected chi connectivity index (χ1v) is 10.2. The van der Waals surface area contributed by atoms with Crippen molar-refractivity contribution in [3.63, 3.8) is 0 Å². The number of nitrogens with zero attached hydrogens (tertiary/aromatic N) is 2. The molecule has 0 aliphatic heterocycles. The van der Waals surface area contributed by atoms with Crippen molar-refractivity contribution < 1.29 is 19.4 Å². The SMILES string of the molecule is CC(C)(C)N(C(=O)O)C1CCC=C(c2c(CO)cnc3[nH]cc(-c4ccco4)c23)C1. The number of carbonyl (C=O) groups is 1. The highest BCUT2D eigenvalue weighted by atomic mass is 16.4. The molecular formula is C23H27N3O4. The fourth-order valence-electron chi connectivity index (χ4n) is 4.55. The average molecular weight is 409 g/mol. The Morgan fingerprint density at radius 1 is 1.40 bits per heavy atom. The molecule has 0 saturated heterocycles. The van der Waals surface area contributed by atoms with Crippen LogP contribution < -0.4 is 0 Å². The van der Waals surface area contributed by atoms with E-state index in [0.717, 1.165) is 40.5 Å². The van der Waals surface area contributed by atoms with Crippen LogP contribution >= 0.6 is 0 Å². The number of H-pyrrole nitrogens is 1. The highest BCUT2D eigenvalue weighted by Gasteiger charge is 2.35. The molecule has 3 aromatic rings. The lowest BCUT2D eigenvalue weighted by Gasteiger charge is -2.41. The number of pyridine rings is 1. The van der Waals surface area contributed by atoms with Crippen LogP contribution in [-0.2, 0) is 6.61 Å². The Hall–Kier alpha value is -3.06. The second-order valence-corrected chi connectivity index (χ2v) is 8.71. The number of aromatic nitrogens is 2. The number of hydrogen-bond donors (Lipinski definition) is 3. The molecule has 3 N–H and O–H groups in total. The number of fused-ring (bicyclic) bond motifs is 1. The minimum Gasteiger partial charge on any atom is -0.465 e. The lowest BCUT2D eigenvalue weighted by atomic mass is 9.84. The number of amides is 1. The fourth-order valence-corrected chi connectivity index (χ4v) is 4.55. The van der Waals surface area contributed by atoms with E-state index in [2.05, 4.69) is 16.0 Å². The lowest BCUT2D eigenvalue weighted by Crippen LogP contribution is -2.51. The maximum atomic E-state index is 12.0. The van der Waals surface area contributed by atoms with E-state index in [-0.39, 0.29) is 12.6 Å². The zero-order valence-corrected chi connectivity index (χ0v) is 17.5.